The molecule has 1 saturated carbocycles. The summed E-state index contributed by atoms with van der Waals surface area (Å²) >= 11 is 0. The lowest BCUT2D eigenvalue weighted by Crippen LogP contribution is -2.30. The van der Waals surface area contributed by atoms with Crippen LogP contribution in [0.3, 0.4) is 0 Å². The van der Waals surface area contributed by atoms with Gasteiger partial charge in [0.2, 0.25) is 17.8 Å². The molecule has 0 aromatic carbocycles. The third-order valence-corrected chi connectivity index (χ3v) is 2.63. The van der Waals surface area contributed by atoms with Crippen molar-refractivity contribution in [2.45, 2.75) is 32.8 Å². The van der Waals surface area contributed by atoms with Crippen molar-refractivity contribution >= 4 is 17.8 Å². The monoisotopic (exact) mass is 280 g/mol. The normalized spacial score (nSPS) is 14.2. The first-order chi connectivity index (χ1) is 9.54. The lowest BCUT2D eigenvalue weighted by molar-refractivity contribution is -0.122. The Morgan fingerprint density at radius 1 is 1.35 bits per heavy atom. The third kappa shape index (κ3) is 4.52. The van der Waals surface area contributed by atoms with Gasteiger partial charge in [-0.25, -0.2) is 0 Å². The standard InChI is InChI=1S/C12H20N6O2/c1-7(2)20-12-17-10(13)16-11(18-12)15-6-5-14-9(19)8-3-4-8/h7-8H,3-6H2,1-2H3,(H,14,19)(H3,13,15,16,17,18). The maximum Gasteiger partial charge on any atom is 0.323 e. The van der Waals surface area contributed by atoms with Gasteiger partial charge >= 0.3 is 6.01 Å². The molecule has 1 aliphatic carbocycles. The number of carbonyl (C=O) groups excluding carboxylic acids is 1. The summed E-state index contributed by atoms with van der Waals surface area (Å²) in [4.78, 5) is 23.4. The zero-order chi connectivity index (χ0) is 14.5. The van der Waals surface area contributed by atoms with Gasteiger partial charge in [-0.05, 0) is 26.7 Å². The summed E-state index contributed by atoms with van der Waals surface area (Å²) in [5.74, 6) is 0.772. The first-order valence-corrected chi connectivity index (χ1v) is 6.74. The highest BCUT2D eigenvalue weighted by Crippen LogP contribution is 2.28. The Balaban J connectivity index is 1.79. The topological polar surface area (TPSA) is 115 Å². The molecule has 110 valence electrons. The summed E-state index contributed by atoms with van der Waals surface area (Å²) < 4.78 is 5.37. The number of hydrogen-bond acceptors (Lipinski definition) is 7. The van der Waals surface area contributed by atoms with Crippen molar-refractivity contribution in [3.63, 3.8) is 0 Å². The molecule has 2 rings (SSSR count). The van der Waals surface area contributed by atoms with Crippen LogP contribution in [0, 0.1) is 5.92 Å². The molecule has 1 fully saturated rings. The summed E-state index contributed by atoms with van der Waals surface area (Å²) in [5, 5.41) is 5.82. The zero-order valence-electron chi connectivity index (χ0n) is 11.7. The zero-order valence-corrected chi connectivity index (χ0v) is 11.7. The number of nitrogens with zero attached hydrogens (tertiary/aromatic N) is 3. The predicted molar refractivity (Wildman–Crippen MR) is 74.2 cm³/mol. The highest BCUT2D eigenvalue weighted by molar-refractivity contribution is 5.80. The van der Waals surface area contributed by atoms with E-state index < -0.39 is 0 Å². The maximum absolute atomic E-state index is 11.4. The van der Waals surface area contributed by atoms with Crippen LogP contribution in [0.1, 0.15) is 26.7 Å². The molecule has 1 aromatic heterocycles. The van der Waals surface area contributed by atoms with Crippen molar-refractivity contribution in [2.75, 3.05) is 24.1 Å². The lowest BCUT2D eigenvalue weighted by Gasteiger charge is -2.10. The fourth-order valence-corrected chi connectivity index (χ4v) is 1.56. The van der Waals surface area contributed by atoms with Crippen LogP contribution in [-0.4, -0.2) is 40.1 Å². The van der Waals surface area contributed by atoms with Gasteiger partial charge < -0.3 is 21.1 Å². The van der Waals surface area contributed by atoms with Gasteiger partial charge in [-0.15, -0.1) is 0 Å². The van der Waals surface area contributed by atoms with Gasteiger partial charge in [-0.2, -0.15) is 15.0 Å². The SMILES string of the molecule is CC(C)Oc1nc(N)nc(NCCNC(=O)C2CC2)n1. The minimum absolute atomic E-state index is 0.0394. The van der Waals surface area contributed by atoms with Crippen LogP contribution in [0.25, 0.3) is 0 Å². The number of ether oxygens (including phenoxy) is 1. The summed E-state index contributed by atoms with van der Waals surface area (Å²) in [6.45, 7) is 4.78. The molecule has 1 aliphatic rings. The number of amides is 1. The first-order valence-electron chi connectivity index (χ1n) is 6.74. The quantitative estimate of drug-likeness (QED) is 0.610. The minimum atomic E-state index is -0.0394. The molecule has 0 unspecified atom stereocenters. The number of nitrogens with one attached hydrogen (secondary N) is 2. The smallest absolute Gasteiger partial charge is 0.323 e. The Hall–Kier alpha value is -2.12. The van der Waals surface area contributed by atoms with Crippen molar-refractivity contribution in [3.8, 4) is 6.01 Å². The van der Waals surface area contributed by atoms with E-state index in [0.29, 0.717) is 19.0 Å². The van der Waals surface area contributed by atoms with Crippen LogP contribution in [0.5, 0.6) is 6.01 Å². The maximum atomic E-state index is 11.4. The largest absolute Gasteiger partial charge is 0.461 e. The van der Waals surface area contributed by atoms with Crippen molar-refractivity contribution in [3.05, 3.63) is 0 Å². The highest BCUT2D eigenvalue weighted by atomic mass is 16.5. The Morgan fingerprint density at radius 3 is 2.75 bits per heavy atom. The molecular weight excluding hydrogens is 260 g/mol. The lowest BCUT2D eigenvalue weighted by atomic mass is 10.4. The van der Waals surface area contributed by atoms with E-state index in [9.17, 15) is 4.79 Å². The third-order valence-electron chi connectivity index (χ3n) is 2.63. The molecule has 0 spiro atoms. The fraction of sp³-hybridized carbons (Fsp3) is 0.667. The van der Waals surface area contributed by atoms with Crippen molar-refractivity contribution < 1.29 is 9.53 Å². The van der Waals surface area contributed by atoms with E-state index in [0.717, 1.165) is 12.8 Å². The van der Waals surface area contributed by atoms with E-state index in [1.54, 1.807) is 0 Å². The molecule has 8 nitrogen and oxygen atoms in total. The van der Waals surface area contributed by atoms with E-state index in [1.807, 2.05) is 13.8 Å². The van der Waals surface area contributed by atoms with E-state index in [1.165, 1.54) is 0 Å². The Labute approximate surface area is 117 Å². The molecule has 0 aliphatic heterocycles. The molecule has 0 radical (unpaired) electrons. The number of carbonyl (C=O) groups is 1. The molecule has 1 heterocycles. The van der Waals surface area contributed by atoms with E-state index in [4.69, 9.17) is 10.5 Å². The summed E-state index contributed by atoms with van der Waals surface area (Å²) in [7, 11) is 0. The molecule has 4 N–H and O–H groups in total. The molecule has 0 atom stereocenters. The average Bonchev–Trinajstić information content (AvgIpc) is 3.17. The molecule has 1 amide bonds. The molecule has 8 heteroatoms. The van der Waals surface area contributed by atoms with Crippen LogP contribution in [0.15, 0.2) is 0 Å². The van der Waals surface area contributed by atoms with Crippen LogP contribution in [-0.2, 0) is 4.79 Å². The van der Waals surface area contributed by atoms with Gasteiger partial charge in [0.1, 0.15) is 0 Å². The average molecular weight is 280 g/mol. The van der Waals surface area contributed by atoms with Gasteiger partial charge in [-0.3, -0.25) is 4.79 Å². The highest BCUT2D eigenvalue weighted by Gasteiger charge is 2.28. The number of aromatic nitrogens is 3. The van der Waals surface area contributed by atoms with E-state index >= 15 is 0 Å². The molecule has 0 saturated heterocycles. The minimum Gasteiger partial charge on any atom is -0.461 e. The van der Waals surface area contributed by atoms with Gasteiger partial charge in [0.15, 0.2) is 0 Å². The fourth-order valence-electron chi connectivity index (χ4n) is 1.56. The van der Waals surface area contributed by atoms with Crippen LogP contribution in [0.2, 0.25) is 0 Å². The van der Waals surface area contributed by atoms with Crippen molar-refractivity contribution in [2.24, 2.45) is 5.92 Å². The van der Waals surface area contributed by atoms with Gasteiger partial charge in [-0.1, -0.05) is 0 Å². The van der Waals surface area contributed by atoms with E-state index in [2.05, 4.69) is 25.6 Å². The number of rotatable bonds is 7. The molecule has 1 aromatic rings. The number of anilines is 2. The molecule has 20 heavy (non-hydrogen) atoms. The van der Waals surface area contributed by atoms with Crippen LogP contribution >= 0.6 is 0 Å². The van der Waals surface area contributed by atoms with Gasteiger partial charge in [0, 0.05) is 19.0 Å². The van der Waals surface area contributed by atoms with E-state index in [-0.39, 0.29) is 29.9 Å². The van der Waals surface area contributed by atoms with Crippen LogP contribution in [0.4, 0.5) is 11.9 Å². The predicted octanol–water partition coefficient (Wildman–Crippen LogP) is 0.179. The Bertz CT molecular complexity index is 475. The Kier molecular flexibility index (Phi) is 4.54. The number of hydrogen-bond donors (Lipinski definition) is 3. The molecule has 0 bridgehead atoms. The number of nitrogen functional groups attached to an aromatic ring is 1. The first kappa shape index (κ1) is 14.3. The second kappa shape index (κ2) is 6.36. The summed E-state index contributed by atoms with van der Waals surface area (Å²) in [6.07, 6.45) is 1.96. The van der Waals surface area contributed by atoms with Gasteiger partial charge in [0.05, 0.1) is 6.10 Å². The van der Waals surface area contributed by atoms with Crippen LogP contribution < -0.4 is 21.1 Å². The van der Waals surface area contributed by atoms with Gasteiger partial charge in [0.25, 0.3) is 0 Å². The summed E-state index contributed by atoms with van der Waals surface area (Å²) in [6, 6.07) is 0.192. The second-order valence-corrected chi connectivity index (χ2v) is 4.96. The Morgan fingerprint density at radius 2 is 2.10 bits per heavy atom. The number of nitrogens with two attached hydrogens (primary N) is 1. The van der Waals surface area contributed by atoms with Crippen molar-refractivity contribution in [1.82, 2.24) is 20.3 Å². The second-order valence-electron chi connectivity index (χ2n) is 4.96. The molecular formula is C12H20N6O2. The van der Waals surface area contributed by atoms with Crippen molar-refractivity contribution in [1.29, 1.82) is 0 Å². The summed E-state index contributed by atoms with van der Waals surface area (Å²) in [5.41, 5.74) is 5.58.